The van der Waals surface area contributed by atoms with Crippen molar-refractivity contribution in [1.82, 2.24) is 0 Å². The van der Waals surface area contributed by atoms with E-state index in [9.17, 15) is 0 Å². The average Bonchev–Trinajstić information content (AvgIpc) is 2.18. The van der Waals surface area contributed by atoms with Crippen molar-refractivity contribution in [3.63, 3.8) is 0 Å². The van der Waals surface area contributed by atoms with Crippen LogP contribution in [0.25, 0.3) is 0 Å². The Labute approximate surface area is 85.7 Å². The summed E-state index contributed by atoms with van der Waals surface area (Å²) in [6.45, 7) is 6.64. The Bertz CT molecular complexity index is 266. The molecular formula is C12H18S. The van der Waals surface area contributed by atoms with Gasteiger partial charge in [-0.3, -0.25) is 0 Å². The first-order chi connectivity index (χ1) is 6.31. The van der Waals surface area contributed by atoms with Gasteiger partial charge in [-0.05, 0) is 35.8 Å². The molecule has 0 nitrogen and oxygen atoms in total. The first-order valence-corrected chi connectivity index (χ1v) is 6.04. The second kappa shape index (κ2) is 5.33. The normalized spacial score (nSPS) is 10.4. The standard InChI is InChI=1S/C12H18S/c1-4-10-7-8-11(5-2)12(9-10)13-6-3/h7-9H,4-6H2,1-3H3. The number of aryl methyl sites for hydroxylation is 2. The fourth-order valence-corrected chi connectivity index (χ4v) is 2.34. The third-order valence-electron chi connectivity index (χ3n) is 2.22. The van der Waals surface area contributed by atoms with Gasteiger partial charge in [0.05, 0.1) is 0 Å². The molecule has 1 rings (SSSR count). The first-order valence-electron chi connectivity index (χ1n) is 5.06. The van der Waals surface area contributed by atoms with E-state index in [0.717, 1.165) is 12.8 Å². The van der Waals surface area contributed by atoms with Gasteiger partial charge in [0.2, 0.25) is 0 Å². The summed E-state index contributed by atoms with van der Waals surface area (Å²) in [6, 6.07) is 6.86. The quantitative estimate of drug-likeness (QED) is 0.655. The predicted molar refractivity (Wildman–Crippen MR) is 61.6 cm³/mol. The maximum Gasteiger partial charge on any atom is 0.0106 e. The second-order valence-corrected chi connectivity index (χ2v) is 4.39. The summed E-state index contributed by atoms with van der Waals surface area (Å²) in [6.07, 6.45) is 2.29. The third-order valence-corrected chi connectivity index (χ3v) is 3.20. The lowest BCUT2D eigenvalue weighted by molar-refractivity contribution is 1.05. The molecule has 1 aromatic rings. The van der Waals surface area contributed by atoms with Crippen molar-refractivity contribution in [3.8, 4) is 0 Å². The molecule has 0 fully saturated rings. The van der Waals surface area contributed by atoms with Crippen LogP contribution in [0.2, 0.25) is 0 Å². The van der Waals surface area contributed by atoms with Crippen molar-refractivity contribution in [2.24, 2.45) is 0 Å². The molecule has 0 amide bonds. The summed E-state index contributed by atoms with van der Waals surface area (Å²) in [5, 5.41) is 0. The topological polar surface area (TPSA) is 0 Å². The van der Waals surface area contributed by atoms with E-state index < -0.39 is 0 Å². The summed E-state index contributed by atoms with van der Waals surface area (Å²) >= 11 is 1.96. The molecule has 0 saturated heterocycles. The molecule has 0 spiro atoms. The van der Waals surface area contributed by atoms with Crippen LogP contribution in [-0.4, -0.2) is 5.75 Å². The molecule has 0 heterocycles. The van der Waals surface area contributed by atoms with E-state index in [1.807, 2.05) is 11.8 Å². The van der Waals surface area contributed by atoms with E-state index in [1.165, 1.54) is 21.8 Å². The lowest BCUT2D eigenvalue weighted by Crippen LogP contribution is -1.88. The maximum absolute atomic E-state index is 2.34. The van der Waals surface area contributed by atoms with Crippen LogP contribution in [0.3, 0.4) is 0 Å². The lowest BCUT2D eigenvalue weighted by Gasteiger charge is -2.07. The molecule has 0 radical (unpaired) electrons. The highest BCUT2D eigenvalue weighted by Gasteiger charge is 2.01. The highest BCUT2D eigenvalue weighted by molar-refractivity contribution is 7.99. The second-order valence-electron chi connectivity index (χ2n) is 3.08. The van der Waals surface area contributed by atoms with Gasteiger partial charge >= 0.3 is 0 Å². The number of benzene rings is 1. The fraction of sp³-hybridized carbons (Fsp3) is 0.500. The maximum atomic E-state index is 2.34. The van der Waals surface area contributed by atoms with Gasteiger partial charge in [0.25, 0.3) is 0 Å². The van der Waals surface area contributed by atoms with Crippen LogP contribution in [-0.2, 0) is 12.8 Å². The van der Waals surface area contributed by atoms with Crippen LogP contribution in [0, 0.1) is 0 Å². The largest absolute Gasteiger partial charge is 0.126 e. The van der Waals surface area contributed by atoms with E-state index in [1.54, 1.807) is 0 Å². The Kier molecular flexibility index (Phi) is 4.37. The molecule has 0 unspecified atom stereocenters. The lowest BCUT2D eigenvalue weighted by atomic mass is 10.1. The number of thioether (sulfide) groups is 1. The Morgan fingerprint density at radius 1 is 1.08 bits per heavy atom. The molecule has 0 aliphatic heterocycles. The summed E-state index contributed by atoms with van der Waals surface area (Å²) in [5.41, 5.74) is 2.94. The minimum Gasteiger partial charge on any atom is -0.126 e. The van der Waals surface area contributed by atoms with Crippen molar-refractivity contribution >= 4 is 11.8 Å². The Balaban J connectivity index is 2.95. The number of hydrogen-bond acceptors (Lipinski definition) is 1. The third kappa shape index (κ3) is 2.77. The Morgan fingerprint density at radius 3 is 2.38 bits per heavy atom. The van der Waals surface area contributed by atoms with Gasteiger partial charge in [-0.25, -0.2) is 0 Å². The van der Waals surface area contributed by atoms with Gasteiger partial charge in [-0.15, -0.1) is 11.8 Å². The van der Waals surface area contributed by atoms with E-state index >= 15 is 0 Å². The molecule has 72 valence electrons. The first kappa shape index (κ1) is 10.6. The summed E-state index contributed by atoms with van der Waals surface area (Å²) in [5.74, 6) is 1.17. The molecule has 1 heteroatoms. The van der Waals surface area contributed by atoms with Gasteiger partial charge in [0, 0.05) is 4.90 Å². The molecule has 0 atom stereocenters. The van der Waals surface area contributed by atoms with Crippen LogP contribution in [0.4, 0.5) is 0 Å². The van der Waals surface area contributed by atoms with Crippen LogP contribution in [0.5, 0.6) is 0 Å². The van der Waals surface area contributed by atoms with Crippen molar-refractivity contribution in [2.75, 3.05) is 5.75 Å². The predicted octanol–water partition coefficient (Wildman–Crippen LogP) is 3.92. The van der Waals surface area contributed by atoms with Crippen LogP contribution < -0.4 is 0 Å². The summed E-state index contributed by atoms with van der Waals surface area (Å²) < 4.78 is 0. The smallest absolute Gasteiger partial charge is 0.0106 e. The zero-order valence-corrected chi connectivity index (χ0v) is 9.58. The molecule has 13 heavy (non-hydrogen) atoms. The number of rotatable bonds is 4. The van der Waals surface area contributed by atoms with Crippen molar-refractivity contribution in [3.05, 3.63) is 29.3 Å². The SMILES string of the molecule is CCSc1cc(CC)ccc1CC. The van der Waals surface area contributed by atoms with Crippen LogP contribution >= 0.6 is 11.8 Å². The van der Waals surface area contributed by atoms with E-state index in [-0.39, 0.29) is 0 Å². The van der Waals surface area contributed by atoms with Crippen molar-refractivity contribution in [1.29, 1.82) is 0 Å². The Morgan fingerprint density at radius 2 is 1.85 bits per heavy atom. The highest BCUT2D eigenvalue weighted by Crippen LogP contribution is 2.24. The van der Waals surface area contributed by atoms with E-state index in [4.69, 9.17) is 0 Å². The van der Waals surface area contributed by atoms with E-state index in [2.05, 4.69) is 39.0 Å². The Hall–Kier alpha value is -0.430. The molecule has 0 N–H and O–H groups in total. The monoisotopic (exact) mass is 194 g/mol. The van der Waals surface area contributed by atoms with Crippen molar-refractivity contribution < 1.29 is 0 Å². The van der Waals surface area contributed by atoms with Gasteiger partial charge in [-0.1, -0.05) is 32.9 Å². The fourth-order valence-electron chi connectivity index (χ4n) is 1.40. The molecule has 0 bridgehead atoms. The van der Waals surface area contributed by atoms with Gasteiger partial charge in [0.15, 0.2) is 0 Å². The van der Waals surface area contributed by atoms with Gasteiger partial charge < -0.3 is 0 Å². The zero-order valence-electron chi connectivity index (χ0n) is 8.76. The molecular weight excluding hydrogens is 176 g/mol. The molecule has 0 aliphatic rings. The van der Waals surface area contributed by atoms with Gasteiger partial charge in [-0.2, -0.15) is 0 Å². The van der Waals surface area contributed by atoms with Crippen molar-refractivity contribution in [2.45, 2.75) is 38.5 Å². The highest BCUT2D eigenvalue weighted by atomic mass is 32.2. The van der Waals surface area contributed by atoms with Gasteiger partial charge in [0.1, 0.15) is 0 Å². The number of hydrogen-bond donors (Lipinski definition) is 0. The zero-order chi connectivity index (χ0) is 9.68. The minimum absolute atomic E-state index is 1.14. The summed E-state index contributed by atoms with van der Waals surface area (Å²) in [7, 11) is 0. The van der Waals surface area contributed by atoms with Crippen LogP contribution in [0.15, 0.2) is 23.1 Å². The molecule has 1 aromatic carbocycles. The van der Waals surface area contributed by atoms with Crippen LogP contribution in [0.1, 0.15) is 31.9 Å². The molecule has 0 saturated carbocycles. The average molecular weight is 194 g/mol. The molecule has 0 aromatic heterocycles. The van der Waals surface area contributed by atoms with E-state index in [0.29, 0.717) is 0 Å². The minimum atomic E-state index is 1.14. The molecule has 0 aliphatic carbocycles. The summed E-state index contributed by atoms with van der Waals surface area (Å²) in [4.78, 5) is 1.48.